The number of nitrogens with zero attached hydrogens (tertiary/aromatic N) is 2. The third kappa shape index (κ3) is 2.25. The van der Waals surface area contributed by atoms with Crippen LogP contribution in [0.2, 0.25) is 10.0 Å². The monoisotopic (exact) mass is 370 g/mol. The largest absolute Gasteiger partial charge is 0.285 e. The van der Waals surface area contributed by atoms with E-state index in [1.54, 1.807) is 24.3 Å². The number of rotatable bonds is 2. The van der Waals surface area contributed by atoms with Crippen LogP contribution in [-0.4, -0.2) is 15.3 Å². The van der Waals surface area contributed by atoms with Crippen molar-refractivity contribution in [3.05, 3.63) is 79.8 Å². The van der Waals surface area contributed by atoms with Crippen molar-refractivity contribution in [2.24, 2.45) is 0 Å². The van der Waals surface area contributed by atoms with E-state index in [0.717, 1.165) is 5.56 Å². The second kappa shape index (κ2) is 5.83. The standard InChI is InChI=1S/C19H12Cl2N2O2/c1-2-3-5-10-8-9-12-15(16(10)21)19(25)23-13-7-4-6-11(20)14(13)17(24)18(23)22-12/h2-4,6-9H,5H2,1H3/b3-2-. The number of halogens is 2. The molecule has 0 aliphatic carbocycles. The number of allylic oxidation sites excluding steroid dienone is 2. The van der Waals surface area contributed by atoms with E-state index < -0.39 is 0 Å². The fourth-order valence-corrected chi connectivity index (χ4v) is 3.66. The molecule has 1 aliphatic rings. The van der Waals surface area contributed by atoms with Gasteiger partial charge < -0.3 is 0 Å². The Morgan fingerprint density at radius 1 is 1.16 bits per heavy atom. The number of hydrogen-bond donors (Lipinski definition) is 0. The number of ketones is 1. The van der Waals surface area contributed by atoms with Crippen LogP contribution >= 0.6 is 23.2 Å². The molecule has 25 heavy (non-hydrogen) atoms. The summed E-state index contributed by atoms with van der Waals surface area (Å²) < 4.78 is 1.30. The maximum atomic E-state index is 13.1. The zero-order chi connectivity index (χ0) is 17.7. The van der Waals surface area contributed by atoms with E-state index in [1.807, 2.05) is 25.1 Å². The second-order valence-corrected chi connectivity index (χ2v) is 6.53. The molecule has 0 spiro atoms. The Balaban J connectivity index is 2.09. The Morgan fingerprint density at radius 2 is 1.96 bits per heavy atom. The molecule has 0 atom stereocenters. The molecule has 2 heterocycles. The molecule has 4 nitrogen and oxygen atoms in total. The SMILES string of the molecule is C/C=C\Cc1ccc2nc3n(c(=O)c2c1Cl)-c1cccc(Cl)c1C3=O. The Kier molecular flexibility index (Phi) is 3.74. The molecule has 0 amide bonds. The highest BCUT2D eigenvalue weighted by Crippen LogP contribution is 2.33. The van der Waals surface area contributed by atoms with Gasteiger partial charge >= 0.3 is 0 Å². The first-order chi connectivity index (χ1) is 12.0. The molecule has 6 heteroatoms. The van der Waals surface area contributed by atoms with Crippen molar-refractivity contribution in [1.29, 1.82) is 0 Å². The summed E-state index contributed by atoms with van der Waals surface area (Å²) in [5.41, 5.74) is 1.63. The van der Waals surface area contributed by atoms with Crippen molar-refractivity contribution in [2.75, 3.05) is 0 Å². The third-order valence-electron chi connectivity index (χ3n) is 4.29. The van der Waals surface area contributed by atoms with Gasteiger partial charge in [-0.3, -0.25) is 14.2 Å². The molecule has 3 aromatic rings. The summed E-state index contributed by atoms with van der Waals surface area (Å²) in [5, 5.41) is 0.982. The van der Waals surface area contributed by atoms with Gasteiger partial charge in [0.25, 0.3) is 5.56 Å². The third-order valence-corrected chi connectivity index (χ3v) is 5.04. The maximum Gasteiger partial charge on any atom is 0.267 e. The van der Waals surface area contributed by atoms with Gasteiger partial charge in [0.1, 0.15) is 0 Å². The van der Waals surface area contributed by atoms with Crippen molar-refractivity contribution in [3.8, 4) is 5.69 Å². The minimum absolute atomic E-state index is 0.0675. The molecule has 0 unspecified atom stereocenters. The molecule has 124 valence electrons. The number of fused-ring (bicyclic) bond motifs is 4. The molecular formula is C19H12Cl2N2O2. The summed E-state index contributed by atoms with van der Waals surface area (Å²) in [7, 11) is 0. The van der Waals surface area contributed by atoms with E-state index in [4.69, 9.17) is 23.2 Å². The topological polar surface area (TPSA) is 52.0 Å². The van der Waals surface area contributed by atoms with Gasteiger partial charge in [0.2, 0.25) is 5.78 Å². The van der Waals surface area contributed by atoms with Gasteiger partial charge in [-0.2, -0.15) is 0 Å². The molecule has 0 saturated carbocycles. The lowest BCUT2D eigenvalue weighted by molar-refractivity contribution is 0.103. The minimum atomic E-state index is -0.360. The highest BCUT2D eigenvalue weighted by Gasteiger charge is 2.32. The number of carbonyl (C=O) groups excluding carboxylic acids is 1. The molecule has 1 aliphatic heterocycles. The van der Waals surface area contributed by atoms with E-state index in [1.165, 1.54) is 4.57 Å². The second-order valence-electron chi connectivity index (χ2n) is 5.75. The average molecular weight is 371 g/mol. The summed E-state index contributed by atoms with van der Waals surface area (Å²) >= 11 is 12.6. The van der Waals surface area contributed by atoms with Crippen LogP contribution < -0.4 is 5.56 Å². The Bertz CT molecular complexity index is 1150. The lowest BCUT2D eigenvalue weighted by atomic mass is 10.1. The smallest absolute Gasteiger partial charge is 0.267 e. The minimum Gasteiger partial charge on any atom is -0.285 e. The van der Waals surface area contributed by atoms with Crippen LogP contribution in [0.25, 0.3) is 16.6 Å². The van der Waals surface area contributed by atoms with Crippen molar-refractivity contribution in [3.63, 3.8) is 0 Å². The van der Waals surface area contributed by atoms with Crippen LogP contribution in [0.5, 0.6) is 0 Å². The molecule has 2 aromatic carbocycles. The highest BCUT2D eigenvalue weighted by molar-refractivity contribution is 6.37. The van der Waals surface area contributed by atoms with Gasteiger partial charge in [0.15, 0.2) is 5.82 Å². The van der Waals surface area contributed by atoms with Crippen LogP contribution in [0.15, 0.2) is 47.3 Å². The van der Waals surface area contributed by atoms with E-state index in [0.29, 0.717) is 38.6 Å². The van der Waals surface area contributed by atoms with Crippen LogP contribution in [-0.2, 0) is 6.42 Å². The van der Waals surface area contributed by atoms with Gasteiger partial charge in [0.05, 0.1) is 32.2 Å². The van der Waals surface area contributed by atoms with E-state index in [2.05, 4.69) is 4.98 Å². The van der Waals surface area contributed by atoms with Crippen molar-refractivity contribution < 1.29 is 4.79 Å². The van der Waals surface area contributed by atoms with Gasteiger partial charge in [-0.15, -0.1) is 0 Å². The number of benzene rings is 2. The molecule has 4 rings (SSSR count). The predicted octanol–water partition coefficient (Wildman–Crippen LogP) is 4.36. The molecule has 0 fully saturated rings. The van der Waals surface area contributed by atoms with Gasteiger partial charge in [0, 0.05) is 0 Å². The fraction of sp³-hybridized carbons (Fsp3) is 0.105. The molecular weight excluding hydrogens is 359 g/mol. The van der Waals surface area contributed by atoms with E-state index in [-0.39, 0.29) is 17.2 Å². The predicted molar refractivity (Wildman–Crippen MR) is 99.3 cm³/mol. The maximum absolute atomic E-state index is 13.1. The summed E-state index contributed by atoms with van der Waals surface area (Å²) in [4.78, 5) is 30.1. The van der Waals surface area contributed by atoms with Crippen LogP contribution in [0, 0.1) is 0 Å². The van der Waals surface area contributed by atoms with Crippen LogP contribution in [0.4, 0.5) is 0 Å². The Hall–Kier alpha value is -2.43. The van der Waals surface area contributed by atoms with E-state index in [9.17, 15) is 9.59 Å². The summed E-state index contributed by atoms with van der Waals surface area (Å²) in [6, 6.07) is 8.55. The highest BCUT2D eigenvalue weighted by atomic mass is 35.5. The lowest BCUT2D eigenvalue weighted by Crippen LogP contribution is -2.22. The zero-order valence-corrected chi connectivity index (χ0v) is 14.7. The Labute approximate surface area is 153 Å². The van der Waals surface area contributed by atoms with Crippen LogP contribution in [0.1, 0.15) is 28.7 Å². The number of aromatic nitrogens is 2. The molecule has 1 aromatic heterocycles. The molecule has 0 bridgehead atoms. The van der Waals surface area contributed by atoms with Crippen molar-refractivity contribution in [2.45, 2.75) is 13.3 Å². The first-order valence-corrected chi connectivity index (χ1v) is 8.49. The normalized spacial score (nSPS) is 12.8. The number of carbonyl (C=O) groups is 1. The van der Waals surface area contributed by atoms with Gasteiger partial charge in [-0.1, -0.05) is 47.5 Å². The zero-order valence-electron chi connectivity index (χ0n) is 13.2. The van der Waals surface area contributed by atoms with Gasteiger partial charge in [-0.05, 0) is 37.1 Å². The fourth-order valence-electron chi connectivity index (χ4n) is 3.09. The van der Waals surface area contributed by atoms with Crippen LogP contribution in [0.3, 0.4) is 0 Å². The van der Waals surface area contributed by atoms with Crippen molar-refractivity contribution >= 4 is 39.9 Å². The summed E-state index contributed by atoms with van der Waals surface area (Å²) in [5.74, 6) is -0.286. The first kappa shape index (κ1) is 16.1. The molecule has 0 radical (unpaired) electrons. The Morgan fingerprint density at radius 3 is 2.72 bits per heavy atom. The molecule has 0 saturated heterocycles. The first-order valence-electron chi connectivity index (χ1n) is 7.73. The number of hydrogen-bond acceptors (Lipinski definition) is 3. The quantitative estimate of drug-likeness (QED) is 0.492. The van der Waals surface area contributed by atoms with Crippen molar-refractivity contribution in [1.82, 2.24) is 9.55 Å². The summed E-state index contributed by atoms with van der Waals surface area (Å²) in [6.07, 6.45) is 4.50. The van der Waals surface area contributed by atoms with Gasteiger partial charge in [-0.25, -0.2) is 4.98 Å². The van der Waals surface area contributed by atoms with E-state index >= 15 is 0 Å². The molecule has 0 N–H and O–H groups in total. The average Bonchev–Trinajstić information content (AvgIpc) is 2.88. The lowest BCUT2D eigenvalue weighted by Gasteiger charge is -2.09. The summed E-state index contributed by atoms with van der Waals surface area (Å²) in [6.45, 7) is 1.92.